The van der Waals surface area contributed by atoms with Crippen LogP contribution in [0.5, 0.6) is 0 Å². The lowest BCUT2D eigenvalue weighted by atomic mass is 10.1. The van der Waals surface area contributed by atoms with Crippen LogP contribution in [-0.4, -0.2) is 4.92 Å². The maximum atomic E-state index is 13.3. The normalized spacial score (nSPS) is 11.9. The molecule has 0 fully saturated rings. The van der Waals surface area contributed by atoms with Crippen LogP contribution >= 0.6 is 0 Å². The van der Waals surface area contributed by atoms with E-state index < -0.39 is 4.92 Å². The summed E-state index contributed by atoms with van der Waals surface area (Å²) in [6.07, 6.45) is 0. The first-order valence-corrected chi connectivity index (χ1v) is 6.25. The lowest BCUT2D eigenvalue weighted by Crippen LogP contribution is -2.10. The molecule has 0 saturated carbocycles. The summed E-state index contributed by atoms with van der Waals surface area (Å²) in [6, 6.07) is 10.7. The van der Waals surface area contributed by atoms with Crippen molar-refractivity contribution in [3.63, 3.8) is 0 Å². The molecule has 2 rings (SSSR count). The van der Waals surface area contributed by atoms with E-state index in [2.05, 4.69) is 5.32 Å². The molecule has 0 bridgehead atoms. The van der Waals surface area contributed by atoms with E-state index in [0.717, 1.165) is 5.56 Å². The Hall–Kier alpha value is -2.43. The van der Waals surface area contributed by atoms with Gasteiger partial charge in [0, 0.05) is 11.8 Å². The number of hydrogen-bond acceptors (Lipinski definition) is 3. The average Bonchev–Trinajstić information content (AvgIpc) is 2.42. The first-order valence-electron chi connectivity index (χ1n) is 6.25. The quantitative estimate of drug-likeness (QED) is 0.671. The third kappa shape index (κ3) is 2.93. The van der Waals surface area contributed by atoms with Crippen molar-refractivity contribution in [1.29, 1.82) is 0 Å². The second kappa shape index (κ2) is 5.69. The molecule has 4 nitrogen and oxygen atoms in total. The summed E-state index contributed by atoms with van der Waals surface area (Å²) >= 11 is 0. The lowest BCUT2D eigenvalue weighted by molar-refractivity contribution is -0.385. The van der Waals surface area contributed by atoms with Crippen molar-refractivity contribution in [1.82, 2.24) is 0 Å². The standard InChI is InChI=1S/C15H15FN2O2/c1-10-7-8-12(16)9-14(10)17-11(2)13-5-3-4-6-15(13)18(19)20/h3-9,11,17H,1-2H3. The van der Waals surface area contributed by atoms with Crippen molar-refractivity contribution in [3.8, 4) is 0 Å². The minimum Gasteiger partial charge on any atom is -0.378 e. The third-order valence-electron chi connectivity index (χ3n) is 3.17. The van der Waals surface area contributed by atoms with Crippen molar-refractivity contribution in [2.75, 3.05) is 5.32 Å². The van der Waals surface area contributed by atoms with E-state index in [1.165, 1.54) is 18.2 Å². The molecule has 0 aliphatic heterocycles. The van der Waals surface area contributed by atoms with Gasteiger partial charge in [-0.05, 0) is 31.5 Å². The number of nitro benzene ring substituents is 1. The number of aryl methyl sites for hydroxylation is 1. The van der Waals surface area contributed by atoms with Gasteiger partial charge in [-0.2, -0.15) is 0 Å². The molecule has 0 aliphatic rings. The Balaban J connectivity index is 2.31. The van der Waals surface area contributed by atoms with Crippen LogP contribution in [0.2, 0.25) is 0 Å². The summed E-state index contributed by atoms with van der Waals surface area (Å²) in [4.78, 5) is 10.6. The molecule has 2 aromatic rings. The van der Waals surface area contributed by atoms with Gasteiger partial charge in [-0.1, -0.05) is 24.3 Å². The number of hydrogen-bond donors (Lipinski definition) is 1. The van der Waals surface area contributed by atoms with E-state index in [-0.39, 0.29) is 17.5 Å². The molecule has 0 radical (unpaired) electrons. The minimum atomic E-state index is -0.411. The molecule has 5 heteroatoms. The fourth-order valence-corrected chi connectivity index (χ4v) is 2.08. The summed E-state index contributed by atoms with van der Waals surface area (Å²) in [5.41, 5.74) is 2.15. The van der Waals surface area contributed by atoms with E-state index in [4.69, 9.17) is 0 Å². The SMILES string of the molecule is Cc1ccc(F)cc1NC(C)c1ccccc1[N+](=O)[O-]. The second-order valence-electron chi connectivity index (χ2n) is 4.64. The smallest absolute Gasteiger partial charge is 0.274 e. The third-order valence-corrected chi connectivity index (χ3v) is 3.17. The maximum absolute atomic E-state index is 13.3. The van der Waals surface area contributed by atoms with Crippen molar-refractivity contribution in [3.05, 3.63) is 69.5 Å². The molecule has 1 unspecified atom stereocenters. The predicted octanol–water partition coefficient (Wildman–Crippen LogP) is 4.22. The number of nitrogens with zero attached hydrogens (tertiary/aromatic N) is 1. The monoisotopic (exact) mass is 274 g/mol. The van der Waals surface area contributed by atoms with Gasteiger partial charge < -0.3 is 5.32 Å². The maximum Gasteiger partial charge on any atom is 0.274 e. The molecular weight excluding hydrogens is 259 g/mol. The van der Waals surface area contributed by atoms with Gasteiger partial charge in [0.15, 0.2) is 0 Å². The van der Waals surface area contributed by atoms with Crippen molar-refractivity contribution < 1.29 is 9.31 Å². The van der Waals surface area contributed by atoms with Crippen LogP contribution < -0.4 is 5.32 Å². The first kappa shape index (κ1) is 14.0. The number of rotatable bonds is 4. The molecule has 1 atom stereocenters. The van der Waals surface area contributed by atoms with Crippen LogP contribution in [-0.2, 0) is 0 Å². The highest BCUT2D eigenvalue weighted by Gasteiger charge is 2.18. The largest absolute Gasteiger partial charge is 0.378 e. The topological polar surface area (TPSA) is 55.2 Å². The van der Waals surface area contributed by atoms with E-state index in [1.807, 2.05) is 13.8 Å². The van der Waals surface area contributed by atoms with Gasteiger partial charge in [0.2, 0.25) is 0 Å². The van der Waals surface area contributed by atoms with Gasteiger partial charge in [0.05, 0.1) is 16.5 Å². The molecule has 0 saturated heterocycles. The highest BCUT2D eigenvalue weighted by atomic mass is 19.1. The van der Waals surface area contributed by atoms with Gasteiger partial charge in [-0.15, -0.1) is 0 Å². The van der Waals surface area contributed by atoms with Gasteiger partial charge >= 0.3 is 0 Å². The highest BCUT2D eigenvalue weighted by Crippen LogP contribution is 2.28. The van der Waals surface area contributed by atoms with Crippen LogP contribution in [0.1, 0.15) is 24.1 Å². The van der Waals surface area contributed by atoms with Gasteiger partial charge in [0.1, 0.15) is 5.82 Å². The molecule has 0 heterocycles. The van der Waals surface area contributed by atoms with Crippen molar-refractivity contribution in [2.24, 2.45) is 0 Å². The predicted molar refractivity (Wildman–Crippen MR) is 76.3 cm³/mol. The summed E-state index contributed by atoms with van der Waals surface area (Å²) in [7, 11) is 0. The fourth-order valence-electron chi connectivity index (χ4n) is 2.08. The number of para-hydroxylation sites is 1. The van der Waals surface area contributed by atoms with Crippen molar-refractivity contribution in [2.45, 2.75) is 19.9 Å². The number of halogens is 1. The van der Waals surface area contributed by atoms with E-state index in [1.54, 1.807) is 24.3 Å². The Kier molecular flexibility index (Phi) is 3.98. The van der Waals surface area contributed by atoms with Gasteiger partial charge in [-0.25, -0.2) is 4.39 Å². The minimum absolute atomic E-state index is 0.0570. The number of nitrogens with one attached hydrogen (secondary N) is 1. The van der Waals surface area contributed by atoms with Gasteiger partial charge in [0.25, 0.3) is 5.69 Å². The summed E-state index contributed by atoms with van der Waals surface area (Å²) in [5, 5.41) is 14.1. The lowest BCUT2D eigenvalue weighted by Gasteiger charge is -2.17. The number of benzene rings is 2. The van der Waals surface area contributed by atoms with Crippen molar-refractivity contribution >= 4 is 11.4 Å². The summed E-state index contributed by atoms with van der Waals surface area (Å²) < 4.78 is 13.3. The Morgan fingerprint density at radius 2 is 1.95 bits per heavy atom. The zero-order valence-electron chi connectivity index (χ0n) is 11.3. The van der Waals surface area contributed by atoms with E-state index >= 15 is 0 Å². The van der Waals surface area contributed by atoms with Crippen LogP contribution in [0.3, 0.4) is 0 Å². The second-order valence-corrected chi connectivity index (χ2v) is 4.64. The summed E-state index contributed by atoms with van der Waals surface area (Å²) in [6.45, 7) is 3.67. The zero-order chi connectivity index (χ0) is 14.7. The van der Waals surface area contributed by atoms with Crippen LogP contribution in [0.25, 0.3) is 0 Å². The van der Waals surface area contributed by atoms with E-state index in [9.17, 15) is 14.5 Å². The first-order chi connectivity index (χ1) is 9.49. The Morgan fingerprint density at radius 1 is 1.25 bits per heavy atom. The number of anilines is 1. The van der Waals surface area contributed by atoms with Crippen LogP contribution in [0.4, 0.5) is 15.8 Å². The fraction of sp³-hybridized carbons (Fsp3) is 0.200. The molecule has 20 heavy (non-hydrogen) atoms. The van der Waals surface area contributed by atoms with E-state index in [0.29, 0.717) is 11.3 Å². The molecule has 0 amide bonds. The van der Waals surface area contributed by atoms with Crippen LogP contribution in [0.15, 0.2) is 42.5 Å². The molecule has 0 spiro atoms. The molecular formula is C15H15FN2O2. The van der Waals surface area contributed by atoms with Gasteiger partial charge in [-0.3, -0.25) is 10.1 Å². The summed E-state index contributed by atoms with van der Waals surface area (Å²) in [5.74, 6) is -0.340. The highest BCUT2D eigenvalue weighted by molar-refractivity contribution is 5.54. The molecule has 0 aromatic heterocycles. The van der Waals surface area contributed by atoms with Crippen LogP contribution in [0, 0.1) is 22.9 Å². The Labute approximate surface area is 116 Å². The average molecular weight is 274 g/mol. The number of nitro groups is 1. The Bertz CT molecular complexity index is 644. The molecule has 0 aliphatic carbocycles. The zero-order valence-corrected chi connectivity index (χ0v) is 11.3. The molecule has 1 N–H and O–H groups in total. The molecule has 104 valence electrons. The molecule has 2 aromatic carbocycles. The Morgan fingerprint density at radius 3 is 2.65 bits per heavy atom.